The maximum Gasteiger partial charge on any atom is 0.255 e. The van der Waals surface area contributed by atoms with Gasteiger partial charge in [0.15, 0.2) is 0 Å². The number of likely N-dealkylation sites (tertiary alicyclic amines) is 1. The Hall–Kier alpha value is -2.87. The molecule has 0 unspecified atom stereocenters. The minimum atomic E-state index is -3.71. The van der Waals surface area contributed by atoms with Crippen LogP contribution in [0, 0.1) is 20.8 Å². The molecular weight excluding hydrogens is 414 g/mol. The van der Waals surface area contributed by atoms with Crippen molar-refractivity contribution in [3.63, 3.8) is 0 Å². The van der Waals surface area contributed by atoms with Crippen LogP contribution in [0.3, 0.4) is 0 Å². The van der Waals surface area contributed by atoms with Crippen LogP contribution in [-0.2, 0) is 14.8 Å². The highest BCUT2D eigenvalue weighted by atomic mass is 32.2. The largest absolute Gasteiger partial charge is 0.339 e. The molecule has 8 heteroatoms. The molecule has 1 aliphatic rings. The zero-order valence-electron chi connectivity index (χ0n) is 18.4. The van der Waals surface area contributed by atoms with Crippen LogP contribution in [0.1, 0.15) is 39.9 Å². The summed E-state index contributed by atoms with van der Waals surface area (Å²) in [6.45, 7) is 6.63. The standard InChI is InChI=1S/C23H29N3O4S/c1-16-13-17(2)22(18(3)14-16)26(31(4,29)30)15-21(27)24-20-10-6-5-9-19(20)23(28)25-11-7-8-12-25/h5-6,9-10,13-14H,7-8,11-12,15H2,1-4H3,(H,24,27). The molecule has 0 aliphatic carbocycles. The quantitative estimate of drug-likeness (QED) is 0.742. The Labute approximate surface area is 184 Å². The number of carbonyl (C=O) groups excluding carboxylic acids is 2. The van der Waals surface area contributed by atoms with Crippen LogP contribution in [0.25, 0.3) is 0 Å². The SMILES string of the molecule is Cc1cc(C)c(N(CC(=O)Nc2ccccc2C(=O)N2CCCC2)S(C)(=O)=O)c(C)c1. The predicted octanol–water partition coefficient (Wildman–Crippen LogP) is 3.25. The molecule has 0 radical (unpaired) electrons. The summed E-state index contributed by atoms with van der Waals surface area (Å²) in [4.78, 5) is 27.5. The van der Waals surface area contributed by atoms with Crippen molar-refractivity contribution in [3.05, 3.63) is 58.7 Å². The molecule has 2 aromatic rings. The fourth-order valence-corrected chi connectivity index (χ4v) is 5.09. The average Bonchev–Trinajstić information content (AvgIpc) is 3.20. The van der Waals surface area contributed by atoms with E-state index in [0.29, 0.717) is 30.0 Å². The van der Waals surface area contributed by atoms with E-state index in [2.05, 4.69) is 5.32 Å². The lowest BCUT2D eigenvalue weighted by molar-refractivity contribution is -0.114. The van der Waals surface area contributed by atoms with Crippen molar-refractivity contribution in [3.8, 4) is 0 Å². The van der Waals surface area contributed by atoms with Gasteiger partial charge in [0.05, 0.1) is 23.2 Å². The van der Waals surface area contributed by atoms with Crippen LogP contribution in [0.4, 0.5) is 11.4 Å². The molecule has 1 heterocycles. The first-order valence-electron chi connectivity index (χ1n) is 10.3. The number of amides is 2. The van der Waals surface area contributed by atoms with Gasteiger partial charge in [0, 0.05) is 13.1 Å². The highest BCUT2D eigenvalue weighted by molar-refractivity contribution is 7.92. The van der Waals surface area contributed by atoms with Crippen LogP contribution in [0.15, 0.2) is 36.4 Å². The molecule has 0 bridgehead atoms. The van der Waals surface area contributed by atoms with Crippen LogP contribution in [0.2, 0.25) is 0 Å². The molecule has 2 amide bonds. The van der Waals surface area contributed by atoms with E-state index in [-0.39, 0.29) is 12.5 Å². The third-order valence-electron chi connectivity index (χ3n) is 5.40. The van der Waals surface area contributed by atoms with E-state index in [1.54, 1.807) is 29.2 Å². The lowest BCUT2D eigenvalue weighted by Gasteiger charge is -2.26. The van der Waals surface area contributed by atoms with Crippen LogP contribution in [-0.4, -0.2) is 51.0 Å². The molecule has 2 aromatic carbocycles. The molecule has 1 N–H and O–H groups in total. The van der Waals surface area contributed by atoms with Crippen LogP contribution in [0.5, 0.6) is 0 Å². The third kappa shape index (κ3) is 5.25. The summed E-state index contributed by atoms with van der Waals surface area (Å²) < 4.78 is 26.2. The summed E-state index contributed by atoms with van der Waals surface area (Å²) in [5, 5.41) is 2.74. The Morgan fingerprint density at radius 1 is 1.03 bits per heavy atom. The summed E-state index contributed by atoms with van der Waals surface area (Å²) in [7, 11) is -3.71. The van der Waals surface area contributed by atoms with Crippen molar-refractivity contribution in [2.45, 2.75) is 33.6 Å². The van der Waals surface area contributed by atoms with Crippen molar-refractivity contribution in [2.75, 3.05) is 35.5 Å². The van der Waals surface area contributed by atoms with Crippen molar-refractivity contribution in [1.82, 2.24) is 4.90 Å². The highest BCUT2D eigenvalue weighted by Gasteiger charge is 2.26. The summed E-state index contributed by atoms with van der Waals surface area (Å²) in [5.74, 6) is -0.634. The highest BCUT2D eigenvalue weighted by Crippen LogP contribution is 2.28. The van der Waals surface area contributed by atoms with Gasteiger partial charge in [-0.3, -0.25) is 13.9 Å². The van der Waals surface area contributed by atoms with Gasteiger partial charge < -0.3 is 10.2 Å². The number of para-hydroxylation sites is 1. The van der Waals surface area contributed by atoms with E-state index in [4.69, 9.17) is 0 Å². The van der Waals surface area contributed by atoms with E-state index >= 15 is 0 Å². The van der Waals surface area contributed by atoms with Gasteiger partial charge >= 0.3 is 0 Å². The number of aryl methyl sites for hydroxylation is 3. The number of anilines is 2. The molecule has 31 heavy (non-hydrogen) atoms. The molecule has 0 saturated carbocycles. The Balaban J connectivity index is 1.86. The van der Waals surface area contributed by atoms with Crippen molar-refractivity contribution < 1.29 is 18.0 Å². The fourth-order valence-electron chi connectivity index (χ4n) is 4.12. The van der Waals surface area contributed by atoms with Crippen molar-refractivity contribution in [1.29, 1.82) is 0 Å². The maximum atomic E-state index is 12.9. The number of carbonyl (C=O) groups is 2. The first kappa shape index (κ1) is 22.8. The van der Waals surface area contributed by atoms with Gasteiger partial charge in [-0.15, -0.1) is 0 Å². The monoisotopic (exact) mass is 443 g/mol. The first-order valence-corrected chi connectivity index (χ1v) is 12.2. The van der Waals surface area contributed by atoms with Gasteiger partial charge in [-0.1, -0.05) is 29.8 Å². The summed E-state index contributed by atoms with van der Waals surface area (Å²) in [5.41, 5.74) is 3.87. The Bertz CT molecular complexity index is 1080. The molecule has 0 aromatic heterocycles. The van der Waals surface area contributed by atoms with E-state index in [1.807, 2.05) is 32.9 Å². The van der Waals surface area contributed by atoms with Gasteiger partial charge in [-0.05, 0) is 56.9 Å². The third-order valence-corrected chi connectivity index (χ3v) is 6.51. The van der Waals surface area contributed by atoms with Crippen LogP contribution >= 0.6 is 0 Å². The van der Waals surface area contributed by atoms with E-state index in [1.165, 1.54) is 0 Å². The van der Waals surface area contributed by atoms with Gasteiger partial charge in [0.25, 0.3) is 5.91 Å². The van der Waals surface area contributed by atoms with Crippen molar-refractivity contribution in [2.24, 2.45) is 0 Å². The first-order chi connectivity index (χ1) is 14.6. The number of nitrogens with zero attached hydrogens (tertiary/aromatic N) is 2. The zero-order valence-corrected chi connectivity index (χ0v) is 19.3. The second-order valence-electron chi connectivity index (χ2n) is 8.11. The number of benzene rings is 2. The molecule has 3 rings (SSSR count). The summed E-state index contributed by atoms with van der Waals surface area (Å²) in [6, 6.07) is 10.6. The van der Waals surface area contributed by atoms with E-state index in [0.717, 1.165) is 40.1 Å². The molecule has 1 fully saturated rings. The number of rotatable bonds is 6. The number of hydrogen-bond donors (Lipinski definition) is 1. The number of hydrogen-bond acceptors (Lipinski definition) is 4. The van der Waals surface area contributed by atoms with Gasteiger partial charge in [0.2, 0.25) is 15.9 Å². The minimum Gasteiger partial charge on any atom is -0.339 e. The summed E-state index contributed by atoms with van der Waals surface area (Å²) >= 11 is 0. The topological polar surface area (TPSA) is 86.8 Å². The second kappa shape index (κ2) is 9.09. The average molecular weight is 444 g/mol. The molecule has 166 valence electrons. The predicted molar refractivity (Wildman–Crippen MR) is 123 cm³/mol. The molecule has 7 nitrogen and oxygen atoms in total. The van der Waals surface area contributed by atoms with E-state index < -0.39 is 15.9 Å². The fraction of sp³-hybridized carbons (Fsp3) is 0.391. The Morgan fingerprint density at radius 3 is 2.19 bits per heavy atom. The Morgan fingerprint density at radius 2 is 1.61 bits per heavy atom. The van der Waals surface area contributed by atoms with Gasteiger partial charge in [-0.25, -0.2) is 8.42 Å². The van der Waals surface area contributed by atoms with Crippen molar-refractivity contribution >= 4 is 33.2 Å². The molecule has 0 atom stereocenters. The number of nitrogens with one attached hydrogen (secondary N) is 1. The zero-order chi connectivity index (χ0) is 22.8. The molecular formula is C23H29N3O4S. The summed E-state index contributed by atoms with van der Waals surface area (Å²) in [6.07, 6.45) is 3.03. The van der Waals surface area contributed by atoms with Gasteiger partial charge in [0.1, 0.15) is 6.54 Å². The molecule has 0 spiro atoms. The number of sulfonamides is 1. The van der Waals surface area contributed by atoms with Crippen LogP contribution < -0.4 is 9.62 Å². The second-order valence-corrected chi connectivity index (χ2v) is 10.0. The Kier molecular flexibility index (Phi) is 6.69. The molecule has 1 saturated heterocycles. The smallest absolute Gasteiger partial charge is 0.255 e. The lowest BCUT2D eigenvalue weighted by atomic mass is 10.1. The normalized spacial score (nSPS) is 13.9. The van der Waals surface area contributed by atoms with Gasteiger partial charge in [-0.2, -0.15) is 0 Å². The lowest BCUT2D eigenvalue weighted by Crippen LogP contribution is -2.38. The minimum absolute atomic E-state index is 0.126. The molecule has 1 aliphatic heterocycles. The van der Waals surface area contributed by atoms with E-state index in [9.17, 15) is 18.0 Å². The maximum absolute atomic E-state index is 12.9.